The maximum atomic E-state index is 12.8. The number of carbonyl (C=O) groups excluding carboxylic acids is 1. The number of alkyl halides is 3. The van der Waals surface area contributed by atoms with Crippen molar-refractivity contribution in [3.63, 3.8) is 0 Å². The van der Waals surface area contributed by atoms with E-state index in [1.54, 1.807) is 18.3 Å². The number of nitrogens with one attached hydrogen (secondary N) is 1. The van der Waals surface area contributed by atoms with Crippen molar-refractivity contribution < 1.29 is 27.9 Å². The smallest absolute Gasteiger partial charge is 0.475 e. The lowest BCUT2D eigenvalue weighted by Crippen LogP contribution is -2.42. The van der Waals surface area contributed by atoms with Crippen LogP contribution in [-0.4, -0.2) is 56.7 Å². The predicted molar refractivity (Wildman–Crippen MR) is 102 cm³/mol. The Morgan fingerprint density at radius 3 is 2.65 bits per heavy atom. The molecule has 1 amide bonds. The molecule has 2 aromatic rings. The second-order valence-corrected chi connectivity index (χ2v) is 7.08. The molecule has 4 heterocycles. The van der Waals surface area contributed by atoms with Gasteiger partial charge in [0, 0.05) is 36.0 Å². The highest BCUT2D eigenvalue weighted by Crippen LogP contribution is 2.29. The molecule has 2 aliphatic heterocycles. The Morgan fingerprint density at radius 2 is 2.06 bits per heavy atom. The summed E-state index contributed by atoms with van der Waals surface area (Å²) in [6.07, 6.45) is -2.52. The first-order valence-electron chi connectivity index (χ1n) is 9.32. The van der Waals surface area contributed by atoms with Crippen molar-refractivity contribution >= 4 is 11.9 Å². The molecule has 0 aromatic carbocycles. The van der Waals surface area contributed by atoms with Gasteiger partial charge in [0.05, 0.1) is 5.69 Å². The summed E-state index contributed by atoms with van der Waals surface area (Å²) >= 11 is 0. The van der Waals surface area contributed by atoms with E-state index in [0.29, 0.717) is 29.7 Å². The van der Waals surface area contributed by atoms with Crippen LogP contribution < -0.4 is 5.32 Å². The van der Waals surface area contributed by atoms with Gasteiger partial charge < -0.3 is 15.3 Å². The van der Waals surface area contributed by atoms with E-state index in [9.17, 15) is 18.0 Å². The number of carbonyl (C=O) groups is 2. The van der Waals surface area contributed by atoms with Crippen molar-refractivity contribution in [2.45, 2.75) is 38.1 Å². The van der Waals surface area contributed by atoms with Gasteiger partial charge >= 0.3 is 12.1 Å². The number of fused-ring (bicyclic) bond motifs is 1. The largest absolute Gasteiger partial charge is 0.490 e. The summed E-state index contributed by atoms with van der Waals surface area (Å²) in [5, 5.41) is 19.5. The van der Waals surface area contributed by atoms with Crippen LogP contribution in [-0.2, 0) is 11.3 Å². The third-order valence-electron chi connectivity index (χ3n) is 5.08. The Labute approximate surface area is 175 Å². The van der Waals surface area contributed by atoms with Gasteiger partial charge in [-0.05, 0) is 38.1 Å². The second-order valence-electron chi connectivity index (χ2n) is 7.08. The van der Waals surface area contributed by atoms with Gasteiger partial charge in [-0.2, -0.15) is 18.4 Å². The van der Waals surface area contributed by atoms with Gasteiger partial charge in [-0.25, -0.2) is 14.8 Å². The molecule has 1 saturated heterocycles. The Kier molecular flexibility index (Phi) is 6.21. The molecule has 0 aliphatic carbocycles. The molecule has 2 N–H and O–H groups in total. The number of pyridine rings is 2. The zero-order valence-electron chi connectivity index (χ0n) is 16.3. The number of halogens is 3. The maximum Gasteiger partial charge on any atom is 0.490 e. The normalized spacial score (nSPS) is 20.0. The third kappa shape index (κ3) is 4.80. The van der Waals surface area contributed by atoms with E-state index >= 15 is 0 Å². The lowest BCUT2D eigenvalue weighted by molar-refractivity contribution is -0.192. The van der Waals surface area contributed by atoms with E-state index in [4.69, 9.17) is 15.2 Å². The average molecular weight is 433 g/mol. The first-order chi connectivity index (χ1) is 14.6. The molecule has 31 heavy (non-hydrogen) atoms. The van der Waals surface area contributed by atoms with Crippen molar-refractivity contribution in [3.8, 4) is 17.3 Å². The predicted octanol–water partition coefficient (Wildman–Crippen LogP) is 2.35. The zero-order chi connectivity index (χ0) is 22.8. The number of hydrogen-bond acceptors (Lipinski definition) is 6. The molecule has 0 saturated carbocycles. The molecule has 4 rings (SSSR count). The summed E-state index contributed by atoms with van der Waals surface area (Å²) < 4.78 is 31.7. The quantitative estimate of drug-likeness (QED) is 0.746. The van der Waals surface area contributed by atoms with Gasteiger partial charge in [0.25, 0.3) is 5.91 Å². The second kappa shape index (κ2) is 8.69. The fourth-order valence-electron chi connectivity index (χ4n) is 3.54. The van der Waals surface area contributed by atoms with E-state index in [-0.39, 0.29) is 11.9 Å². The monoisotopic (exact) mass is 433 g/mol. The number of nitrogens with zero attached hydrogens (tertiary/aromatic N) is 4. The number of aromatic nitrogens is 2. The van der Waals surface area contributed by atoms with Crippen LogP contribution >= 0.6 is 0 Å². The molecule has 0 radical (unpaired) electrons. The summed E-state index contributed by atoms with van der Waals surface area (Å²) in [7, 11) is 0. The van der Waals surface area contributed by atoms with Crippen molar-refractivity contribution in [1.29, 1.82) is 5.26 Å². The molecule has 8 nitrogen and oxygen atoms in total. The van der Waals surface area contributed by atoms with Crippen LogP contribution in [0.5, 0.6) is 0 Å². The van der Waals surface area contributed by atoms with E-state index in [0.717, 1.165) is 24.1 Å². The van der Waals surface area contributed by atoms with E-state index in [1.807, 2.05) is 23.1 Å². The number of hydrogen-bond donors (Lipinski definition) is 2. The fourth-order valence-corrected chi connectivity index (χ4v) is 3.54. The van der Waals surface area contributed by atoms with Crippen molar-refractivity contribution in [2.75, 3.05) is 6.54 Å². The van der Waals surface area contributed by atoms with E-state index in [2.05, 4.69) is 22.2 Å². The highest BCUT2D eigenvalue weighted by atomic mass is 19.4. The Bertz CT molecular complexity index is 1050. The number of rotatable bonds is 2. The van der Waals surface area contributed by atoms with Crippen molar-refractivity contribution in [1.82, 2.24) is 20.2 Å². The Morgan fingerprint density at radius 1 is 1.35 bits per heavy atom. The van der Waals surface area contributed by atoms with Gasteiger partial charge in [0.2, 0.25) is 0 Å². The van der Waals surface area contributed by atoms with Crippen LogP contribution in [0.2, 0.25) is 0 Å². The van der Waals surface area contributed by atoms with Crippen molar-refractivity contribution in [3.05, 3.63) is 47.4 Å². The molecule has 0 spiro atoms. The molecule has 2 aliphatic rings. The van der Waals surface area contributed by atoms with Crippen LogP contribution in [0.1, 0.15) is 35.1 Å². The maximum absolute atomic E-state index is 12.8. The average Bonchev–Trinajstić information content (AvgIpc) is 3.30. The topological polar surface area (TPSA) is 119 Å². The number of aliphatic carboxylic acids is 1. The highest BCUT2D eigenvalue weighted by molar-refractivity contribution is 5.97. The van der Waals surface area contributed by atoms with Gasteiger partial charge in [-0.15, -0.1) is 0 Å². The molecule has 2 atom stereocenters. The minimum atomic E-state index is -5.08. The minimum Gasteiger partial charge on any atom is -0.475 e. The van der Waals surface area contributed by atoms with Gasteiger partial charge in [-0.1, -0.05) is 6.07 Å². The zero-order valence-corrected chi connectivity index (χ0v) is 16.3. The lowest BCUT2D eigenvalue weighted by Gasteiger charge is -2.26. The Hall–Kier alpha value is -3.52. The molecule has 2 aromatic heterocycles. The lowest BCUT2D eigenvalue weighted by atomic mass is 10.1. The first-order valence-corrected chi connectivity index (χ1v) is 9.32. The number of carboxylic acid groups (broad SMARTS) is 1. The van der Waals surface area contributed by atoms with Gasteiger partial charge in [-0.3, -0.25) is 4.79 Å². The van der Waals surface area contributed by atoms with Crippen molar-refractivity contribution in [2.24, 2.45) is 0 Å². The summed E-state index contributed by atoms with van der Waals surface area (Å²) in [4.78, 5) is 32.2. The van der Waals surface area contributed by atoms with Crippen LogP contribution in [0.25, 0.3) is 11.3 Å². The van der Waals surface area contributed by atoms with E-state index < -0.39 is 12.1 Å². The molecular weight excluding hydrogens is 415 g/mol. The molecule has 11 heteroatoms. The van der Waals surface area contributed by atoms with Crippen LogP contribution in [0.3, 0.4) is 0 Å². The van der Waals surface area contributed by atoms with Gasteiger partial charge in [0.15, 0.2) is 0 Å². The van der Waals surface area contributed by atoms with Crippen LogP contribution in [0, 0.1) is 11.3 Å². The summed E-state index contributed by atoms with van der Waals surface area (Å²) in [6.45, 7) is 3.68. The molecule has 162 valence electrons. The minimum absolute atomic E-state index is 0.00182. The molecule has 0 unspecified atom stereocenters. The fraction of sp³-hybridized carbons (Fsp3) is 0.350. The number of carboxylic acids is 1. The number of nitriles is 1. The molecular formula is C20H18F3N5O3. The summed E-state index contributed by atoms with van der Waals surface area (Å²) in [5.41, 5.74) is 3.33. The first kappa shape index (κ1) is 22.2. The SMILES string of the molecule is C[C@H]1NCC[C@H]1N1Cc2ccc(-c3ccnc(C#N)c3)nc2C1=O.O=C(O)C(F)(F)F. The van der Waals surface area contributed by atoms with Gasteiger partial charge in [0.1, 0.15) is 17.5 Å². The Balaban J connectivity index is 0.000000339. The standard InChI is InChI=1S/C18H17N5O.C2HF3O2/c1-11-16(5-7-20-11)23-10-13-2-3-15(22-17(13)18(23)24)12-4-6-21-14(8-12)9-19;3-2(4,5)1(6)7/h2-4,6,8,11,16,20H,5,7,10H2,1H3;(H,6,7)/t11-,16-;/m1./s1. The molecule has 0 bridgehead atoms. The van der Waals surface area contributed by atoms with Crippen LogP contribution in [0.4, 0.5) is 13.2 Å². The van der Waals surface area contributed by atoms with Crippen LogP contribution in [0.15, 0.2) is 30.5 Å². The number of amides is 1. The summed E-state index contributed by atoms with van der Waals surface area (Å²) in [5.74, 6) is -2.76. The third-order valence-corrected chi connectivity index (χ3v) is 5.08. The van der Waals surface area contributed by atoms with E-state index in [1.165, 1.54) is 0 Å². The summed E-state index contributed by atoms with van der Waals surface area (Å²) in [6, 6.07) is 9.92. The molecule has 1 fully saturated rings. The highest BCUT2D eigenvalue weighted by Gasteiger charge is 2.39.